The van der Waals surface area contributed by atoms with Gasteiger partial charge in [0.05, 0.1) is 0 Å². The maximum absolute atomic E-state index is 3.77. The van der Waals surface area contributed by atoms with E-state index in [1.165, 1.54) is 71.2 Å². The Hall–Kier alpha value is -0.120. The molecule has 2 saturated carbocycles. The quantitative estimate of drug-likeness (QED) is 0.802. The van der Waals surface area contributed by atoms with Crippen molar-refractivity contribution in [3.63, 3.8) is 0 Å². The molecule has 3 fully saturated rings. The van der Waals surface area contributed by atoms with Crippen LogP contribution in [0, 0.1) is 0 Å². The molecule has 2 aliphatic carbocycles. The Morgan fingerprint density at radius 1 is 1.00 bits per heavy atom. The minimum atomic E-state index is 0.715. The van der Waals surface area contributed by atoms with E-state index in [1.54, 1.807) is 0 Å². The van der Waals surface area contributed by atoms with Crippen molar-refractivity contribution in [1.82, 2.24) is 15.1 Å². The highest BCUT2D eigenvalue weighted by Crippen LogP contribution is 2.27. The van der Waals surface area contributed by atoms with Crippen LogP contribution in [0.3, 0.4) is 0 Å². The first-order valence-electron chi connectivity index (χ1n) is 8.04. The molecule has 0 spiro atoms. The minimum Gasteiger partial charge on any atom is -0.312 e. The van der Waals surface area contributed by atoms with Crippen LogP contribution in [0.5, 0.6) is 0 Å². The minimum absolute atomic E-state index is 0.715. The number of hydrogen-bond acceptors (Lipinski definition) is 3. The van der Waals surface area contributed by atoms with Gasteiger partial charge in [0.15, 0.2) is 0 Å². The van der Waals surface area contributed by atoms with Gasteiger partial charge >= 0.3 is 0 Å². The predicted octanol–water partition coefficient (Wildman–Crippen LogP) is 1.69. The molecule has 0 radical (unpaired) electrons. The van der Waals surface area contributed by atoms with Gasteiger partial charge in [0.25, 0.3) is 0 Å². The Bertz CT molecular complexity index is 250. The SMILES string of the molecule is CC(CNC1CCCC1)N1CCN(C2CC2)CC1. The Morgan fingerprint density at radius 2 is 1.67 bits per heavy atom. The Morgan fingerprint density at radius 3 is 2.28 bits per heavy atom. The van der Waals surface area contributed by atoms with E-state index in [1.807, 2.05) is 0 Å². The van der Waals surface area contributed by atoms with Gasteiger partial charge in [-0.3, -0.25) is 9.80 Å². The molecule has 1 aliphatic heterocycles. The molecular weight excluding hydrogens is 222 g/mol. The van der Waals surface area contributed by atoms with Gasteiger partial charge in [0, 0.05) is 50.8 Å². The number of rotatable bonds is 5. The summed E-state index contributed by atoms with van der Waals surface area (Å²) in [6, 6.07) is 2.49. The van der Waals surface area contributed by atoms with Crippen LogP contribution in [-0.2, 0) is 0 Å². The maximum atomic E-state index is 3.77. The zero-order valence-corrected chi connectivity index (χ0v) is 11.9. The molecular formula is C15H29N3. The molecule has 104 valence electrons. The van der Waals surface area contributed by atoms with Gasteiger partial charge in [0.1, 0.15) is 0 Å². The second-order valence-electron chi connectivity index (χ2n) is 6.54. The van der Waals surface area contributed by atoms with Crippen molar-refractivity contribution in [3.05, 3.63) is 0 Å². The van der Waals surface area contributed by atoms with Gasteiger partial charge in [0.2, 0.25) is 0 Å². The van der Waals surface area contributed by atoms with E-state index < -0.39 is 0 Å². The highest BCUT2D eigenvalue weighted by atomic mass is 15.3. The summed E-state index contributed by atoms with van der Waals surface area (Å²) in [5, 5.41) is 3.77. The highest BCUT2D eigenvalue weighted by molar-refractivity contribution is 4.89. The van der Waals surface area contributed by atoms with Crippen molar-refractivity contribution in [3.8, 4) is 0 Å². The number of nitrogens with zero attached hydrogens (tertiary/aromatic N) is 2. The average molecular weight is 251 g/mol. The van der Waals surface area contributed by atoms with E-state index in [0.717, 1.165) is 12.1 Å². The summed E-state index contributed by atoms with van der Waals surface area (Å²) in [6.07, 6.45) is 8.60. The maximum Gasteiger partial charge on any atom is 0.0193 e. The van der Waals surface area contributed by atoms with Gasteiger partial charge in [-0.25, -0.2) is 0 Å². The molecule has 0 amide bonds. The third kappa shape index (κ3) is 3.25. The second kappa shape index (κ2) is 5.89. The zero-order valence-electron chi connectivity index (χ0n) is 11.9. The largest absolute Gasteiger partial charge is 0.312 e. The molecule has 1 N–H and O–H groups in total. The second-order valence-corrected chi connectivity index (χ2v) is 6.54. The van der Waals surface area contributed by atoms with Gasteiger partial charge < -0.3 is 5.32 Å². The standard InChI is InChI=1S/C15H29N3/c1-13(12-16-14-4-2-3-5-14)17-8-10-18(11-9-17)15-6-7-15/h13-16H,2-12H2,1H3. The van der Waals surface area contributed by atoms with Crippen LogP contribution in [-0.4, -0.2) is 60.6 Å². The third-order valence-electron chi connectivity index (χ3n) is 5.09. The fourth-order valence-corrected chi connectivity index (χ4v) is 3.58. The van der Waals surface area contributed by atoms with Crippen LogP contribution in [0.4, 0.5) is 0 Å². The summed E-state index contributed by atoms with van der Waals surface area (Å²) in [5.41, 5.74) is 0. The molecule has 0 bridgehead atoms. The van der Waals surface area contributed by atoms with E-state index >= 15 is 0 Å². The molecule has 18 heavy (non-hydrogen) atoms. The first-order chi connectivity index (χ1) is 8.83. The summed E-state index contributed by atoms with van der Waals surface area (Å²) in [5.74, 6) is 0. The van der Waals surface area contributed by atoms with Crippen molar-refractivity contribution in [2.75, 3.05) is 32.7 Å². The Labute approximate surface area is 112 Å². The predicted molar refractivity (Wildman–Crippen MR) is 75.9 cm³/mol. The molecule has 0 aromatic carbocycles. The van der Waals surface area contributed by atoms with Crippen molar-refractivity contribution < 1.29 is 0 Å². The summed E-state index contributed by atoms with van der Waals surface area (Å²) in [4.78, 5) is 5.38. The Balaban J connectivity index is 1.35. The summed E-state index contributed by atoms with van der Waals surface area (Å²) in [7, 11) is 0. The van der Waals surface area contributed by atoms with Gasteiger partial charge in [-0.15, -0.1) is 0 Å². The van der Waals surface area contributed by atoms with Crippen LogP contribution < -0.4 is 5.32 Å². The molecule has 3 nitrogen and oxygen atoms in total. The van der Waals surface area contributed by atoms with Crippen molar-refractivity contribution in [1.29, 1.82) is 0 Å². The summed E-state index contributed by atoms with van der Waals surface area (Å²) in [6.45, 7) is 8.76. The van der Waals surface area contributed by atoms with Crippen molar-refractivity contribution >= 4 is 0 Å². The van der Waals surface area contributed by atoms with Crippen LogP contribution in [0.25, 0.3) is 0 Å². The van der Waals surface area contributed by atoms with Gasteiger partial charge in [-0.05, 0) is 32.6 Å². The summed E-state index contributed by atoms with van der Waals surface area (Å²) >= 11 is 0. The third-order valence-corrected chi connectivity index (χ3v) is 5.09. The van der Waals surface area contributed by atoms with Crippen LogP contribution >= 0.6 is 0 Å². The highest BCUT2D eigenvalue weighted by Gasteiger charge is 2.32. The zero-order chi connectivity index (χ0) is 12.4. The number of nitrogens with one attached hydrogen (secondary N) is 1. The molecule has 3 heteroatoms. The lowest BCUT2D eigenvalue weighted by molar-refractivity contribution is 0.0958. The monoisotopic (exact) mass is 251 g/mol. The molecule has 1 unspecified atom stereocenters. The van der Waals surface area contributed by atoms with Crippen molar-refractivity contribution in [2.45, 2.75) is 63.6 Å². The van der Waals surface area contributed by atoms with E-state index in [4.69, 9.17) is 0 Å². The lowest BCUT2D eigenvalue weighted by Crippen LogP contribution is -2.52. The van der Waals surface area contributed by atoms with E-state index in [0.29, 0.717) is 6.04 Å². The normalized spacial score (nSPS) is 29.8. The van der Waals surface area contributed by atoms with Gasteiger partial charge in [-0.2, -0.15) is 0 Å². The lowest BCUT2D eigenvalue weighted by atomic mass is 10.2. The summed E-state index contributed by atoms with van der Waals surface area (Å²) < 4.78 is 0. The molecule has 0 aromatic heterocycles. The molecule has 1 saturated heterocycles. The van der Waals surface area contributed by atoms with Crippen LogP contribution in [0.2, 0.25) is 0 Å². The average Bonchev–Trinajstić information content (AvgIpc) is 3.13. The van der Waals surface area contributed by atoms with E-state index in [2.05, 4.69) is 22.0 Å². The first kappa shape index (κ1) is 12.9. The van der Waals surface area contributed by atoms with Crippen molar-refractivity contribution in [2.24, 2.45) is 0 Å². The smallest absolute Gasteiger partial charge is 0.0193 e. The molecule has 3 rings (SSSR count). The number of piperazine rings is 1. The molecule has 1 atom stereocenters. The fraction of sp³-hybridized carbons (Fsp3) is 1.00. The van der Waals surface area contributed by atoms with Gasteiger partial charge in [-0.1, -0.05) is 12.8 Å². The topological polar surface area (TPSA) is 18.5 Å². The van der Waals surface area contributed by atoms with Crippen LogP contribution in [0.1, 0.15) is 45.4 Å². The fourth-order valence-electron chi connectivity index (χ4n) is 3.58. The van der Waals surface area contributed by atoms with E-state index in [9.17, 15) is 0 Å². The number of hydrogen-bond donors (Lipinski definition) is 1. The first-order valence-corrected chi connectivity index (χ1v) is 8.04. The van der Waals surface area contributed by atoms with E-state index in [-0.39, 0.29) is 0 Å². The Kier molecular flexibility index (Phi) is 4.22. The lowest BCUT2D eigenvalue weighted by Gasteiger charge is -2.38. The van der Waals surface area contributed by atoms with Crippen LogP contribution in [0.15, 0.2) is 0 Å². The molecule has 1 heterocycles. The molecule has 3 aliphatic rings. The molecule has 0 aromatic rings.